The minimum Gasteiger partial charge on any atom is -0.472 e. The lowest BCUT2D eigenvalue weighted by atomic mass is 9.85. The zero-order chi connectivity index (χ0) is 21.8. The molecule has 0 N–H and O–H groups in total. The molecule has 2 aliphatic rings. The van der Waals surface area contributed by atoms with Gasteiger partial charge in [0.1, 0.15) is 0 Å². The summed E-state index contributed by atoms with van der Waals surface area (Å²) in [5, 5.41) is 0. The molecule has 0 unspecified atom stereocenters. The van der Waals surface area contributed by atoms with Gasteiger partial charge in [-0.25, -0.2) is 4.39 Å². The minimum absolute atomic E-state index is 0.301. The van der Waals surface area contributed by atoms with Gasteiger partial charge in [0.15, 0.2) is 31.9 Å². The zero-order valence-corrected chi connectivity index (χ0v) is 19.0. The van der Waals surface area contributed by atoms with Gasteiger partial charge in [-0.3, -0.25) is 0 Å². The second-order valence-electron chi connectivity index (χ2n) is 8.73. The summed E-state index contributed by atoms with van der Waals surface area (Å²) in [6.45, 7) is 0. The fourth-order valence-electron chi connectivity index (χ4n) is 4.26. The molecule has 0 bridgehead atoms. The first-order chi connectivity index (χ1) is 15.7. The van der Waals surface area contributed by atoms with Crippen LogP contribution in [0.5, 0.6) is 5.75 Å². The largest absolute Gasteiger partial charge is 0.472 e. The SMILES string of the molecule is Fc1cc([S+](c2ccccc2)c2ccccc2)ccc1OC1(C#CC2CC2)CCCCC1. The molecule has 2 saturated carbocycles. The Hall–Kier alpha value is -2.70. The Bertz CT molecular complexity index is 1070. The van der Waals surface area contributed by atoms with E-state index in [4.69, 9.17) is 4.74 Å². The summed E-state index contributed by atoms with van der Waals surface area (Å²) in [7, 11) is -0.375. The molecule has 0 aliphatic heterocycles. The highest BCUT2D eigenvalue weighted by atomic mass is 32.2. The molecule has 3 heteroatoms. The van der Waals surface area contributed by atoms with E-state index in [2.05, 4.69) is 36.1 Å². The van der Waals surface area contributed by atoms with E-state index in [1.807, 2.05) is 48.5 Å². The van der Waals surface area contributed by atoms with Crippen LogP contribution in [0.2, 0.25) is 0 Å². The fourth-order valence-corrected chi connectivity index (χ4v) is 6.36. The number of hydrogen-bond acceptors (Lipinski definition) is 1. The molecule has 2 fully saturated rings. The van der Waals surface area contributed by atoms with Crippen LogP contribution < -0.4 is 4.74 Å². The van der Waals surface area contributed by atoms with Crippen molar-refractivity contribution in [2.45, 2.75) is 65.2 Å². The van der Waals surface area contributed by atoms with Gasteiger partial charge in [0.05, 0.1) is 10.9 Å². The summed E-state index contributed by atoms with van der Waals surface area (Å²) in [5.41, 5.74) is -0.538. The lowest BCUT2D eigenvalue weighted by Crippen LogP contribution is -2.37. The Morgan fingerprint density at radius 2 is 1.41 bits per heavy atom. The Balaban J connectivity index is 1.47. The molecule has 162 valence electrons. The molecule has 32 heavy (non-hydrogen) atoms. The third-order valence-electron chi connectivity index (χ3n) is 6.14. The maximum atomic E-state index is 15.4. The molecule has 0 saturated heterocycles. The van der Waals surface area contributed by atoms with E-state index in [0.717, 1.165) is 30.6 Å². The Kier molecular flexibility index (Phi) is 6.23. The number of hydrogen-bond donors (Lipinski definition) is 0. The maximum Gasteiger partial charge on any atom is 0.170 e. The fraction of sp³-hybridized carbons (Fsp3) is 0.310. The highest BCUT2D eigenvalue weighted by Gasteiger charge is 2.35. The van der Waals surface area contributed by atoms with E-state index >= 15 is 4.39 Å². The predicted octanol–water partition coefficient (Wildman–Crippen LogP) is 7.42. The van der Waals surface area contributed by atoms with E-state index in [0.29, 0.717) is 11.7 Å². The monoisotopic (exact) mass is 443 g/mol. The van der Waals surface area contributed by atoms with Crippen molar-refractivity contribution in [3.05, 3.63) is 84.7 Å². The van der Waals surface area contributed by atoms with Crippen LogP contribution >= 0.6 is 0 Å². The van der Waals surface area contributed by atoms with Crippen molar-refractivity contribution >= 4 is 10.9 Å². The van der Waals surface area contributed by atoms with Gasteiger partial charge in [0.25, 0.3) is 0 Å². The van der Waals surface area contributed by atoms with E-state index in [1.54, 1.807) is 6.07 Å². The molecule has 0 heterocycles. The summed E-state index contributed by atoms with van der Waals surface area (Å²) >= 11 is 0. The molecule has 0 spiro atoms. The highest BCUT2D eigenvalue weighted by Crippen LogP contribution is 2.37. The number of ether oxygens (including phenoxy) is 1. The van der Waals surface area contributed by atoms with Crippen molar-refractivity contribution in [1.82, 2.24) is 0 Å². The molecule has 0 radical (unpaired) electrons. The maximum absolute atomic E-state index is 15.4. The van der Waals surface area contributed by atoms with Crippen LogP contribution in [-0.2, 0) is 10.9 Å². The summed E-state index contributed by atoms with van der Waals surface area (Å²) < 4.78 is 21.8. The Morgan fingerprint density at radius 3 is 1.97 bits per heavy atom. The van der Waals surface area contributed by atoms with Crippen molar-refractivity contribution in [3.63, 3.8) is 0 Å². The van der Waals surface area contributed by atoms with E-state index in [1.165, 1.54) is 29.1 Å². The Morgan fingerprint density at radius 1 is 0.781 bits per heavy atom. The second kappa shape index (κ2) is 9.43. The molecule has 5 rings (SSSR count). The smallest absolute Gasteiger partial charge is 0.170 e. The second-order valence-corrected chi connectivity index (χ2v) is 10.8. The average Bonchev–Trinajstić information content (AvgIpc) is 3.67. The van der Waals surface area contributed by atoms with Gasteiger partial charge in [-0.05, 0) is 74.9 Å². The lowest BCUT2D eigenvalue weighted by Gasteiger charge is -2.33. The number of rotatable bonds is 5. The quantitative estimate of drug-likeness (QED) is 0.294. The van der Waals surface area contributed by atoms with E-state index in [9.17, 15) is 0 Å². The van der Waals surface area contributed by atoms with E-state index in [-0.39, 0.29) is 16.7 Å². The highest BCUT2D eigenvalue weighted by molar-refractivity contribution is 7.97. The van der Waals surface area contributed by atoms with Crippen LogP contribution in [0, 0.1) is 23.6 Å². The molecule has 3 aromatic rings. The van der Waals surface area contributed by atoms with Crippen molar-refractivity contribution in [3.8, 4) is 17.6 Å². The van der Waals surface area contributed by atoms with Gasteiger partial charge >= 0.3 is 0 Å². The third kappa shape index (κ3) is 4.87. The molecule has 3 aromatic carbocycles. The van der Waals surface area contributed by atoms with Gasteiger partial charge < -0.3 is 4.74 Å². The topological polar surface area (TPSA) is 9.23 Å². The molecule has 0 atom stereocenters. The van der Waals surface area contributed by atoms with E-state index < -0.39 is 5.60 Å². The van der Waals surface area contributed by atoms with Crippen LogP contribution in [0.1, 0.15) is 44.9 Å². The van der Waals surface area contributed by atoms with Crippen LogP contribution in [0.25, 0.3) is 0 Å². The lowest BCUT2D eigenvalue weighted by molar-refractivity contribution is 0.0821. The molecule has 0 aromatic heterocycles. The van der Waals surface area contributed by atoms with Crippen molar-refractivity contribution in [2.24, 2.45) is 5.92 Å². The molecular formula is C29H28FOS+. The summed E-state index contributed by atoms with van der Waals surface area (Å²) in [6, 6.07) is 26.1. The summed E-state index contributed by atoms with van der Waals surface area (Å²) in [4.78, 5) is 3.30. The van der Waals surface area contributed by atoms with Crippen LogP contribution in [0.15, 0.2) is 93.5 Å². The molecule has 0 amide bonds. The first-order valence-electron chi connectivity index (χ1n) is 11.6. The van der Waals surface area contributed by atoms with Gasteiger partial charge in [-0.2, -0.15) is 0 Å². The zero-order valence-electron chi connectivity index (χ0n) is 18.2. The molecular weight excluding hydrogens is 415 g/mol. The predicted molar refractivity (Wildman–Crippen MR) is 128 cm³/mol. The van der Waals surface area contributed by atoms with Gasteiger partial charge in [-0.15, -0.1) is 0 Å². The van der Waals surface area contributed by atoms with Crippen LogP contribution in [-0.4, -0.2) is 5.60 Å². The van der Waals surface area contributed by atoms with Crippen LogP contribution in [0.4, 0.5) is 4.39 Å². The number of benzene rings is 3. The van der Waals surface area contributed by atoms with Gasteiger partial charge in [-0.1, -0.05) is 54.7 Å². The molecule has 1 nitrogen and oxygen atoms in total. The number of halogens is 1. The van der Waals surface area contributed by atoms with Gasteiger partial charge in [0, 0.05) is 12.0 Å². The van der Waals surface area contributed by atoms with Crippen molar-refractivity contribution in [1.29, 1.82) is 0 Å². The minimum atomic E-state index is -0.538. The molecule has 2 aliphatic carbocycles. The van der Waals surface area contributed by atoms with Crippen molar-refractivity contribution in [2.75, 3.05) is 0 Å². The summed E-state index contributed by atoms with van der Waals surface area (Å²) in [6.07, 6.45) is 7.52. The summed E-state index contributed by atoms with van der Waals surface area (Å²) in [5.74, 6) is 7.35. The van der Waals surface area contributed by atoms with Crippen LogP contribution in [0.3, 0.4) is 0 Å². The average molecular weight is 444 g/mol. The Labute approximate surface area is 193 Å². The standard InChI is InChI=1S/C29H28FOS/c30-27-22-26(32(24-10-4-1-5-11-24)25-12-6-2-7-13-25)16-17-28(27)31-29(19-8-3-9-20-29)21-18-23-14-15-23/h1-2,4-7,10-13,16-17,22-23H,3,8-9,14-15,19-20H2/q+1. The third-order valence-corrected chi connectivity index (χ3v) is 8.36. The first-order valence-corrected chi connectivity index (χ1v) is 12.8. The normalized spacial score (nSPS) is 17.4. The van der Waals surface area contributed by atoms with Crippen molar-refractivity contribution < 1.29 is 9.13 Å². The first kappa shape index (κ1) is 21.2. The van der Waals surface area contributed by atoms with Gasteiger partial charge in [0.2, 0.25) is 0 Å².